The van der Waals surface area contributed by atoms with Crippen molar-refractivity contribution in [2.24, 2.45) is 5.73 Å². The van der Waals surface area contributed by atoms with Crippen molar-refractivity contribution in [2.45, 2.75) is 37.6 Å². The number of halogens is 1. The van der Waals surface area contributed by atoms with Gasteiger partial charge < -0.3 is 5.73 Å². The Kier molecular flexibility index (Phi) is 5.28. The Morgan fingerprint density at radius 3 is 2.60 bits per heavy atom. The minimum absolute atomic E-state index is 0.0404. The summed E-state index contributed by atoms with van der Waals surface area (Å²) in [6.07, 6.45) is 0.622. The van der Waals surface area contributed by atoms with E-state index in [0.29, 0.717) is 6.42 Å². The minimum atomic E-state index is -3.77. The van der Waals surface area contributed by atoms with Gasteiger partial charge in [-0.05, 0) is 38.5 Å². The Balaban J connectivity index is 3.31. The van der Waals surface area contributed by atoms with Crippen molar-refractivity contribution in [3.8, 4) is 11.8 Å². The van der Waals surface area contributed by atoms with E-state index < -0.39 is 21.4 Å². The molecule has 20 heavy (non-hydrogen) atoms. The smallest absolute Gasteiger partial charge is 0.242 e. The molecule has 110 valence electrons. The summed E-state index contributed by atoms with van der Waals surface area (Å²) in [7, 11) is -3.77. The third-order valence-corrected chi connectivity index (χ3v) is 4.61. The standard InChI is InChI=1S/C14H19FN2O2S/c1-4-14(2,3)17-20(18,19)13-8-7-12(15)10-11(13)6-5-9-16/h7-8,10,17H,4,9,16H2,1-3H3. The first kappa shape index (κ1) is 16.6. The molecule has 3 N–H and O–H groups in total. The predicted octanol–water partition coefficient (Wildman–Crippen LogP) is 1.60. The van der Waals surface area contributed by atoms with Crippen LogP contribution in [0.1, 0.15) is 32.8 Å². The van der Waals surface area contributed by atoms with Crippen LogP contribution in [0.5, 0.6) is 0 Å². The second kappa shape index (κ2) is 6.35. The van der Waals surface area contributed by atoms with Gasteiger partial charge in [0.05, 0.1) is 11.4 Å². The van der Waals surface area contributed by atoms with E-state index in [-0.39, 0.29) is 17.0 Å². The highest BCUT2D eigenvalue weighted by Crippen LogP contribution is 2.19. The van der Waals surface area contributed by atoms with Crippen LogP contribution in [0, 0.1) is 17.7 Å². The van der Waals surface area contributed by atoms with Crippen LogP contribution in [0.4, 0.5) is 4.39 Å². The fourth-order valence-electron chi connectivity index (χ4n) is 1.47. The molecule has 0 radical (unpaired) electrons. The fraction of sp³-hybridized carbons (Fsp3) is 0.429. The van der Waals surface area contributed by atoms with Crippen LogP contribution in [0.3, 0.4) is 0 Å². The number of sulfonamides is 1. The van der Waals surface area contributed by atoms with Crippen LogP contribution in [0.15, 0.2) is 23.1 Å². The van der Waals surface area contributed by atoms with Crippen LogP contribution in [0.2, 0.25) is 0 Å². The Labute approximate surface area is 119 Å². The van der Waals surface area contributed by atoms with Gasteiger partial charge in [-0.15, -0.1) is 0 Å². The topological polar surface area (TPSA) is 72.2 Å². The van der Waals surface area contributed by atoms with Crippen LogP contribution in [0.25, 0.3) is 0 Å². The Morgan fingerprint density at radius 2 is 2.05 bits per heavy atom. The van der Waals surface area contributed by atoms with E-state index in [1.807, 2.05) is 6.92 Å². The SMILES string of the molecule is CCC(C)(C)NS(=O)(=O)c1ccc(F)cc1C#CCN. The molecule has 0 spiro atoms. The van der Waals surface area contributed by atoms with E-state index >= 15 is 0 Å². The van der Waals surface area contributed by atoms with Crippen LogP contribution >= 0.6 is 0 Å². The van der Waals surface area contributed by atoms with Crippen molar-refractivity contribution in [3.05, 3.63) is 29.6 Å². The van der Waals surface area contributed by atoms with E-state index in [1.54, 1.807) is 13.8 Å². The van der Waals surface area contributed by atoms with Gasteiger partial charge in [-0.25, -0.2) is 17.5 Å². The van der Waals surface area contributed by atoms with E-state index in [0.717, 1.165) is 12.1 Å². The molecule has 0 aliphatic rings. The van der Waals surface area contributed by atoms with Gasteiger partial charge in [0.1, 0.15) is 5.82 Å². The van der Waals surface area contributed by atoms with Gasteiger partial charge in [0.25, 0.3) is 0 Å². The van der Waals surface area contributed by atoms with Gasteiger partial charge in [0.15, 0.2) is 0 Å². The van der Waals surface area contributed by atoms with Gasteiger partial charge >= 0.3 is 0 Å². The highest BCUT2D eigenvalue weighted by Gasteiger charge is 2.26. The van der Waals surface area contributed by atoms with Crippen molar-refractivity contribution in [3.63, 3.8) is 0 Å². The predicted molar refractivity (Wildman–Crippen MR) is 77.0 cm³/mol. The Morgan fingerprint density at radius 1 is 1.40 bits per heavy atom. The average Bonchev–Trinajstić information content (AvgIpc) is 2.35. The van der Waals surface area contributed by atoms with Gasteiger partial charge in [-0.2, -0.15) is 0 Å². The molecule has 6 heteroatoms. The summed E-state index contributed by atoms with van der Waals surface area (Å²) in [5, 5.41) is 0. The maximum absolute atomic E-state index is 13.3. The second-order valence-electron chi connectivity index (χ2n) is 4.99. The van der Waals surface area contributed by atoms with E-state index in [9.17, 15) is 12.8 Å². The molecule has 0 heterocycles. The molecule has 0 fully saturated rings. The zero-order valence-corrected chi connectivity index (χ0v) is 12.6. The number of nitrogens with two attached hydrogens (primary N) is 1. The van der Waals surface area contributed by atoms with Crippen molar-refractivity contribution >= 4 is 10.0 Å². The maximum atomic E-state index is 13.3. The number of rotatable bonds is 4. The van der Waals surface area contributed by atoms with E-state index in [1.165, 1.54) is 6.07 Å². The molecule has 1 rings (SSSR count). The molecule has 4 nitrogen and oxygen atoms in total. The number of nitrogens with one attached hydrogen (secondary N) is 1. The lowest BCUT2D eigenvalue weighted by Crippen LogP contribution is -2.42. The lowest BCUT2D eigenvalue weighted by molar-refractivity contribution is 0.439. The normalized spacial score (nSPS) is 11.8. The first-order chi connectivity index (χ1) is 9.22. The first-order valence-corrected chi connectivity index (χ1v) is 7.72. The van der Waals surface area contributed by atoms with E-state index in [4.69, 9.17) is 5.73 Å². The molecule has 0 aliphatic heterocycles. The van der Waals surface area contributed by atoms with Crippen LogP contribution in [-0.2, 0) is 10.0 Å². The molecule has 1 aromatic carbocycles. The summed E-state index contributed by atoms with van der Waals surface area (Å²) < 4.78 is 40.6. The Hall–Kier alpha value is -1.42. The van der Waals surface area contributed by atoms with Gasteiger partial charge in [0.2, 0.25) is 10.0 Å². The van der Waals surface area contributed by atoms with Crippen molar-refractivity contribution in [1.29, 1.82) is 0 Å². The first-order valence-electron chi connectivity index (χ1n) is 6.24. The van der Waals surface area contributed by atoms with Crippen LogP contribution < -0.4 is 10.5 Å². The molecule has 0 atom stereocenters. The van der Waals surface area contributed by atoms with Crippen molar-refractivity contribution < 1.29 is 12.8 Å². The zero-order chi connectivity index (χ0) is 15.4. The Bertz CT molecular complexity index is 643. The zero-order valence-electron chi connectivity index (χ0n) is 11.8. The summed E-state index contributed by atoms with van der Waals surface area (Å²) >= 11 is 0. The molecule has 0 saturated heterocycles. The molecule has 0 bridgehead atoms. The molecule has 0 saturated carbocycles. The highest BCUT2D eigenvalue weighted by atomic mass is 32.2. The number of hydrogen-bond acceptors (Lipinski definition) is 3. The van der Waals surface area contributed by atoms with Gasteiger partial charge in [-0.1, -0.05) is 18.8 Å². The lowest BCUT2D eigenvalue weighted by Gasteiger charge is -2.24. The van der Waals surface area contributed by atoms with Crippen LogP contribution in [-0.4, -0.2) is 20.5 Å². The van der Waals surface area contributed by atoms with E-state index in [2.05, 4.69) is 16.6 Å². The highest BCUT2D eigenvalue weighted by molar-refractivity contribution is 7.89. The quantitative estimate of drug-likeness (QED) is 0.829. The van der Waals surface area contributed by atoms with Crippen molar-refractivity contribution in [2.75, 3.05) is 6.54 Å². The summed E-state index contributed by atoms with van der Waals surface area (Å²) in [5.41, 5.74) is 4.78. The average molecular weight is 298 g/mol. The molecular formula is C14H19FN2O2S. The monoisotopic (exact) mass is 298 g/mol. The molecule has 0 aliphatic carbocycles. The molecular weight excluding hydrogens is 279 g/mol. The van der Waals surface area contributed by atoms with Gasteiger partial charge in [-0.3, -0.25) is 0 Å². The summed E-state index contributed by atoms with van der Waals surface area (Å²) in [5.74, 6) is 4.59. The fourth-order valence-corrected chi connectivity index (χ4v) is 3.10. The summed E-state index contributed by atoms with van der Waals surface area (Å²) in [6, 6.07) is 3.40. The summed E-state index contributed by atoms with van der Waals surface area (Å²) in [4.78, 5) is -0.0404. The maximum Gasteiger partial charge on any atom is 0.242 e. The van der Waals surface area contributed by atoms with Crippen molar-refractivity contribution in [1.82, 2.24) is 4.72 Å². The lowest BCUT2D eigenvalue weighted by atomic mass is 10.0. The van der Waals surface area contributed by atoms with Gasteiger partial charge in [0, 0.05) is 11.1 Å². The third kappa shape index (κ3) is 4.30. The molecule has 0 aromatic heterocycles. The molecule has 0 unspecified atom stereocenters. The number of benzene rings is 1. The third-order valence-electron chi connectivity index (χ3n) is 2.85. The summed E-state index contributed by atoms with van der Waals surface area (Å²) in [6.45, 7) is 5.50. The minimum Gasteiger partial charge on any atom is -0.320 e. The molecule has 1 aromatic rings. The largest absolute Gasteiger partial charge is 0.320 e. The number of hydrogen-bond donors (Lipinski definition) is 2. The molecule has 0 amide bonds. The second-order valence-corrected chi connectivity index (χ2v) is 6.64.